The molecule has 0 fully saturated rings. The zero-order chi connectivity index (χ0) is 13.0. The monoisotopic (exact) mass is 310 g/mol. The second-order valence-corrected chi connectivity index (χ2v) is 5.00. The second kappa shape index (κ2) is 6.06. The number of halogens is 1. The van der Waals surface area contributed by atoms with Crippen molar-refractivity contribution >= 4 is 15.9 Å². The summed E-state index contributed by atoms with van der Waals surface area (Å²) in [6.45, 7) is 2.73. The van der Waals surface area contributed by atoms with Gasteiger partial charge in [-0.2, -0.15) is 4.98 Å². The molecule has 1 unspecified atom stereocenters. The van der Waals surface area contributed by atoms with Gasteiger partial charge in [0.25, 0.3) is 0 Å². The van der Waals surface area contributed by atoms with Gasteiger partial charge in [-0.05, 0) is 40.5 Å². The smallest absolute Gasteiger partial charge is 0.227 e. The maximum atomic E-state index is 5.66. The van der Waals surface area contributed by atoms with Crippen molar-refractivity contribution in [2.75, 3.05) is 6.54 Å². The molecule has 2 rings (SSSR count). The van der Waals surface area contributed by atoms with E-state index in [4.69, 9.17) is 10.3 Å². The first-order valence-electron chi connectivity index (χ1n) is 5.87. The molecule has 1 atom stereocenters. The Bertz CT molecular complexity index is 493. The molecule has 0 aliphatic carbocycles. The minimum atomic E-state index is 0.385. The Morgan fingerprint density at radius 1 is 1.44 bits per heavy atom. The van der Waals surface area contributed by atoms with E-state index in [0.29, 0.717) is 29.9 Å². The Labute approximate surface area is 114 Å². The van der Waals surface area contributed by atoms with Crippen LogP contribution in [0.3, 0.4) is 0 Å². The number of hydrogen-bond donors (Lipinski definition) is 1. The number of pyridine rings is 1. The Balaban J connectivity index is 2.12. The van der Waals surface area contributed by atoms with Gasteiger partial charge in [0.1, 0.15) is 5.69 Å². The third-order valence-corrected chi connectivity index (χ3v) is 3.27. The molecule has 2 N–H and O–H groups in total. The summed E-state index contributed by atoms with van der Waals surface area (Å²) in [6.07, 6.45) is 3.43. The van der Waals surface area contributed by atoms with E-state index >= 15 is 0 Å². The molecule has 0 saturated carbocycles. The average molecular weight is 311 g/mol. The molecule has 96 valence electrons. The molecule has 2 aromatic rings. The van der Waals surface area contributed by atoms with Crippen molar-refractivity contribution in [3.63, 3.8) is 0 Å². The number of aromatic nitrogens is 3. The van der Waals surface area contributed by atoms with Crippen molar-refractivity contribution in [1.29, 1.82) is 0 Å². The van der Waals surface area contributed by atoms with Crippen molar-refractivity contribution < 1.29 is 4.52 Å². The molecule has 2 aromatic heterocycles. The Morgan fingerprint density at radius 2 is 2.28 bits per heavy atom. The molecule has 0 radical (unpaired) electrons. The van der Waals surface area contributed by atoms with E-state index in [2.05, 4.69) is 38.0 Å². The normalized spacial score (nSPS) is 12.6. The highest BCUT2D eigenvalue weighted by Crippen LogP contribution is 2.17. The summed E-state index contributed by atoms with van der Waals surface area (Å²) in [5, 5.41) is 3.93. The maximum absolute atomic E-state index is 5.66. The highest BCUT2D eigenvalue weighted by molar-refractivity contribution is 9.10. The van der Waals surface area contributed by atoms with Crippen molar-refractivity contribution in [3.05, 3.63) is 28.7 Å². The largest absolute Gasteiger partial charge is 0.339 e. The average Bonchev–Trinajstić information content (AvgIpc) is 2.85. The first-order chi connectivity index (χ1) is 8.72. The number of nitrogens with zero attached hydrogens (tertiary/aromatic N) is 3. The van der Waals surface area contributed by atoms with Gasteiger partial charge in [0, 0.05) is 17.1 Å². The third kappa shape index (κ3) is 3.14. The summed E-state index contributed by atoms with van der Waals surface area (Å²) in [6, 6.07) is 3.74. The second-order valence-electron chi connectivity index (χ2n) is 4.09. The summed E-state index contributed by atoms with van der Waals surface area (Å²) in [5.74, 6) is 1.52. The van der Waals surface area contributed by atoms with E-state index in [1.807, 2.05) is 12.1 Å². The molecular weight excluding hydrogens is 296 g/mol. The van der Waals surface area contributed by atoms with Crippen LogP contribution in [0.4, 0.5) is 0 Å². The topological polar surface area (TPSA) is 77.8 Å². The van der Waals surface area contributed by atoms with Crippen LogP contribution < -0.4 is 5.73 Å². The lowest BCUT2D eigenvalue weighted by atomic mass is 10.0. The quantitative estimate of drug-likeness (QED) is 0.917. The van der Waals surface area contributed by atoms with Gasteiger partial charge < -0.3 is 10.3 Å². The molecule has 18 heavy (non-hydrogen) atoms. The van der Waals surface area contributed by atoms with Gasteiger partial charge in [0.2, 0.25) is 11.7 Å². The molecule has 0 saturated heterocycles. The molecule has 0 aromatic carbocycles. The van der Waals surface area contributed by atoms with E-state index in [1.54, 1.807) is 6.20 Å². The van der Waals surface area contributed by atoms with Gasteiger partial charge in [0.05, 0.1) is 0 Å². The highest BCUT2D eigenvalue weighted by Gasteiger charge is 2.13. The number of nitrogens with two attached hydrogens (primary N) is 1. The van der Waals surface area contributed by atoms with Crippen molar-refractivity contribution in [1.82, 2.24) is 15.1 Å². The van der Waals surface area contributed by atoms with E-state index < -0.39 is 0 Å². The summed E-state index contributed by atoms with van der Waals surface area (Å²) < 4.78 is 6.14. The zero-order valence-corrected chi connectivity index (χ0v) is 11.7. The predicted octanol–water partition coefficient (Wildman–Crippen LogP) is 2.42. The summed E-state index contributed by atoms with van der Waals surface area (Å²) in [4.78, 5) is 8.56. The molecular formula is C12H15BrN4O. The van der Waals surface area contributed by atoms with E-state index in [0.717, 1.165) is 17.3 Å². The fourth-order valence-electron chi connectivity index (χ4n) is 1.59. The molecule has 0 amide bonds. The SMILES string of the molecule is CCC(CN)Cc1nc(-c2ccc(Br)cn2)no1. The van der Waals surface area contributed by atoms with Gasteiger partial charge in [-0.25, -0.2) is 0 Å². The van der Waals surface area contributed by atoms with Crippen LogP contribution in [0.15, 0.2) is 27.3 Å². The van der Waals surface area contributed by atoms with Crippen LogP contribution in [0, 0.1) is 5.92 Å². The lowest BCUT2D eigenvalue weighted by molar-refractivity contribution is 0.350. The van der Waals surface area contributed by atoms with Crippen LogP contribution in [0.2, 0.25) is 0 Å². The molecule has 0 bridgehead atoms. The maximum Gasteiger partial charge on any atom is 0.227 e. The summed E-state index contributed by atoms with van der Waals surface area (Å²) in [5.41, 5.74) is 6.36. The van der Waals surface area contributed by atoms with Gasteiger partial charge in [-0.15, -0.1) is 0 Å². The fraction of sp³-hybridized carbons (Fsp3) is 0.417. The Morgan fingerprint density at radius 3 is 2.89 bits per heavy atom. The molecule has 0 aliphatic heterocycles. The lowest BCUT2D eigenvalue weighted by Crippen LogP contribution is -2.15. The van der Waals surface area contributed by atoms with Crippen molar-refractivity contribution in [2.45, 2.75) is 19.8 Å². The third-order valence-electron chi connectivity index (χ3n) is 2.80. The van der Waals surface area contributed by atoms with Crippen LogP contribution in [-0.4, -0.2) is 21.7 Å². The summed E-state index contributed by atoms with van der Waals surface area (Å²) >= 11 is 3.33. The number of rotatable bonds is 5. The van der Waals surface area contributed by atoms with Gasteiger partial charge in [-0.1, -0.05) is 18.5 Å². The van der Waals surface area contributed by atoms with Crippen LogP contribution in [-0.2, 0) is 6.42 Å². The highest BCUT2D eigenvalue weighted by atomic mass is 79.9. The standard InChI is InChI=1S/C12H15BrN4O/c1-2-8(6-14)5-11-16-12(17-18-11)10-4-3-9(13)7-15-10/h3-4,7-8H,2,5-6,14H2,1H3. The van der Waals surface area contributed by atoms with Crippen molar-refractivity contribution in [2.24, 2.45) is 11.7 Å². The van der Waals surface area contributed by atoms with Gasteiger partial charge >= 0.3 is 0 Å². The molecule has 5 nitrogen and oxygen atoms in total. The van der Waals surface area contributed by atoms with Crippen LogP contribution in [0.25, 0.3) is 11.5 Å². The zero-order valence-electron chi connectivity index (χ0n) is 10.1. The Hall–Kier alpha value is -1.27. The van der Waals surface area contributed by atoms with Crippen molar-refractivity contribution in [3.8, 4) is 11.5 Å². The summed E-state index contributed by atoms with van der Waals surface area (Å²) in [7, 11) is 0. The van der Waals surface area contributed by atoms with Gasteiger partial charge in [-0.3, -0.25) is 4.98 Å². The number of hydrogen-bond acceptors (Lipinski definition) is 5. The van der Waals surface area contributed by atoms with Gasteiger partial charge in [0.15, 0.2) is 0 Å². The van der Waals surface area contributed by atoms with Crippen LogP contribution in [0.1, 0.15) is 19.2 Å². The lowest BCUT2D eigenvalue weighted by Gasteiger charge is -2.07. The van der Waals surface area contributed by atoms with Crippen LogP contribution >= 0.6 is 15.9 Å². The molecule has 0 aliphatic rings. The molecule has 6 heteroatoms. The van der Waals surface area contributed by atoms with E-state index in [1.165, 1.54) is 0 Å². The van der Waals surface area contributed by atoms with E-state index in [-0.39, 0.29) is 0 Å². The molecule has 0 spiro atoms. The minimum Gasteiger partial charge on any atom is -0.339 e. The fourth-order valence-corrected chi connectivity index (χ4v) is 1.83. The van der Waals surface area contributed by atoms with E-state index in [9.17, 15) is 0 Å². The minimum absolute atomic E-state index is 0.385. The van der Waals surface area contributed by atoms with Crippen LogP contribution in [0.5, 0.6) is 0 Å². The Kier molecular flexibility index (Phi) is 4.43. The first-order valence-corrected chi connectivity index (χ1v) is 6.66. The molecule has 2 heterocycles. The first kappa shape index (κ1) is 13.2. The predicted molar refractivity (Wildman–Crippen MR) is 71.8 cm³/mol.